The lowest BCUT2D eigenvalue weighted by Crippen LogP contribution is -2.33. The van der Waals surface area contributed by atoms with Crippen molar-refractivity contribution in [2.45, 2.75) is 6.92 Å². The van der Waals surface area contributed by atoms with Crippen LogP contribution in [-0.2, 0) is 4.79 Å². The summed E-state index contributed by atoms with van der Waals surface area (Å²) in [6.07, 6.45) is 1.76. The lowest BCUT2D eigenvalue weighted by Gasteiger charge is -2.09. The molecule has 18 heavy (non-hydrogen) atoms. The van der Waals surface area contributed by atoms with Crippen LogP contribution in [0.1, 0.15) is 11.1 Å². The Labute approximate surface area is 110 Å². The molecule has 0 unspecified atom stereocenters. The Hall–Kier alpha value is -1.59. The molecule has 2 rings (SSSR count). The van der Waals surface area contributed by atoms with Gasteiger partial charge in [0.15, 0.2) is 0 Å². The summed E-state index contributed by atoms with van der Waals surface area (Å²) >= 11 is 0.968. The predicted octanol–water partition coefficient (Wildman–Crippen LogP) is 1.99. The summed E-state index contributed by atoms with van der Waals surface area (Å²) in [7, 11) is 0. The van der Waals surface area contributed by atoms with Crippen molar-refractivity contribution in [2.75, 3.05) is 13.1 Å². The number of hydrogen-bond acceptors (Lipinski definition) is 4. The summed E-state index contributed by atoms with van der Waals surface area (Å²) in [5, 5.41) is -0.245. The minimum atomic E-state index is -0.251. The van der Waals surface area contributed by atoms with E-state index in [4.69, 9.17) is 5.73 Å². The topological polar surface area (TPSA) is 63.4 Å². The highest BCUT2D eigenvalue weighted by Gasteiger charge is 2.34. The number of aryl methyl sites for hydroxylation is 1. The number of hydrogen-bond donors (Lipinski definition) is 1. The summed E-state index contributed by atoms with van der Waals surface area (Å²) in [6, 6.07) is 7.73. The first-order valence-electron chi connectivity index (χ1n) is 5.64. The molecule has 1 heterocycles. The van der Waals surface area contributed by atoms with E-state index in [0.29, 0.717) is 4.91 Å². The maximum atomic E-state index is 12.0. The Balaban J connectivity index is 2.28. The van der Waals surface area contributed by atoms with Crippen LogP contribution < -0.4 is 5.73 Å². The summed E-state index contributed by atoms with van der Waals surface area (Å²) in [5.74, 6) is -0.251. The van der Waals surface area contributed by atoms with Crippen molar-refractivity contribution >= 4 is 29.0 Å². The number of amides is 2. The van der Waals surface area contributed by atoms with Gasteiger partial charge in [-0.15, -0.1) is 0 Å². The van der Waals surface area contributed by atoms with E-state index in [1.807, 2.05) is 31.2 Å². The molecule has 0 atom stereocenters. The monoisotopic (exact) mass is 262 g/mol. The number of nitrogens with two attached hydrogens (primary N) is 1. The second kappa shape index (κ2) is 5.37. The van der Waals surface area contributed by atoms with Crippen LogP contribution in [0.4, 0.5) is 4.79 Å². The molecule has 4 nitrogen and oxygen atoms in total. The van der Waals surface area contributed by atoms with Crippen LogP contribution >= 0.6 is 11.8 Å². The van der Waals surface area contributed by atoms with E-state index in [-0.39, 0.29) is 24.2 Å². The maximum Gasteiger partial charge on any atom is 0.293 e. The SMILES string of the molecule is Cc1ccccc1/C=C1\SC(=O)N(CCN)C1=O. The van der Waals surface area contributed by atoms with Crippen LogP contribution in [0.25, 0.3) is 6.08 Å². The second-order valence-corrected chi connectivity index (χ2v) is 4.97. The number of carbonyl (C=O) groups excluding carboxylic acids is 2. The molecule has 1 aromatic rings. The van der Waals surface area contributed by atoms with Crippen molar-refractivity contribution in [1.82, 2.24) is 4.90 Å². The van der Waals surface area contributed by atoms with Crippen LogP contribution in [0.15, 0.2) is 29.2 Å². The van der Waals surface area contributed by atoms with E-state index < -0.39 is 0 Å². The third-order valence-electron chi connectivity index (χ3n) is 2.70. The molecule has 0 aliphatic carbocycles. The second-order valence-electron chi connectivity index (χ2n) is 3.98. The predicted molar refractivity (Wildman–Crippen MR) is 72.9 cm³/mol. The van der Waals surface area contributed by atoms with Gasteiger partial charge >= 0.3 is 0 Å². The van der Waals surface area contributed by atoms with Crippen molar-refractivity contribution in [3.63, 3.8) is 0 Å². The molecule has 1 fully saturated rings. The lowest BCUT2D eigenvalue weighted by molar-refractivity contribution is -0.122. The fourth-order valence-corrected chi connectivity index (χ4v) is 2.57. The van der Waals surface area contributed by atoms with E-state index >= 15 is 0 Å². The van der Waals surface area contributed by atoms with Gasteiger partial charge in [-0.3, -0.25) is 14.5 Å². The molecule has 1 aliphatic rings. The minimum absolute atomic E-state index is 0.245. The van der Waals surface area contributed by atoms with E-state index in [1.165, 1.54) is 4.90 Å². The molecule has 0 aromatic heterocycles. The highest BCUT2D eigenvalue weighted by Crippen LogP contribution is 2.32. The van der Waals surface area contributed by atoms with E-state index in [9.17, 15) is 9.59 Å². The molecule has 2 N–H and O–H groups in total. The minimum Gasteiger partial charge on any atom is -0.329 e. The van der Waals surface area contributed by atoms with Gasteiger partial charge in [-0.1, -0.05) is 24.3 Å². The van der Waals surface area contributed by atoms with Gasteiger partial charge in [0.1, 0.15) is 0 Å². The quantitative estimate of drug-likeness (QED) is 0.846. The average Bonchev–Trinajstić information content (AvgIpc) is 2.60. The summed E-state index contributed by atoms with van der Waals surface area (Å²) in [5.41, 5.74) is 7.41. The number of imide groups is 1. The lowest BCUT2D eigenvalue weighted by atomic mass is 10.1. The number of benzene rings is 1. The van der Waals surface area contributed by atoms with E-state index in [2.05, 4.69) is 0 Å². The van der Waals surface area contributed by atoms with Crippen molar-refractivity contribution in [1.29, 1.82) is 0 Å². The molecule has 1 aliphatic heterocycles. The molecule has 0 bridgehead atoms. The van der Waals surface area contributed by atoms with Gasteiger partial charge in [-0.2, -0.15) is 0 Å². The van der Waals surface area contributed by atoms with Crippen molar-refractivity contribution in [3.8, 4) is 0 Å². The van der Waals surface area contributed by atoms with Gasteiger partial charge < -0.3 is 5.73 Å². The van der Waals surface area contributed by atoms with Gasteiger partial charge in [0.2, 0.25) is 0 Å². The summed E-state index contributed by atoms with van der Waals surface area (Å²) in [4.78, 5) is 25.3. The standard InChI is InChI=1S/C13H14N2O2S/c1-9-4-2-3-5-10(9)8-11-12(16)15(7-6-14)13(17)18-11/h2-5,8H,6-7,14H2,1H3/b11-8-. The first-order valence-corrected chi connectivity index (χ1v) is 6.46. The van der Waals surface area contributed by atoms with Crippen molar-refractivity contribution < 1.29 is 9.59 Å². The van der Waals surface area contributed by atoms with Crippen LogP contribution in [0.5, 0.6) is 0 Å². The van der Waals surface area contributed by atoms with Gasteiger partial charge in [0, 0.05) is 13.1 Å². The molecular weight excluding hydrogens is 248 g/mol. The van der Waals surface area contributed by atoms with Crippen molar-refractivity contribution in [2.24, 2.45) is 5.73 Å². The van der Waals surface area contributed by atoms with Crippen LogP contribution in [0.2, 0.25) is 0 Å². The molecular formula is C13H14N2O2S. The highest BCUT2D eigenvalue weighted by molar-refractivity contribution is 8.18. The smallest absolute Gasteiger partial charge is 0.293 e. The summed E-state index contributed by atoms with van der Waals surface area (Å²) < 4.78 is 0. The fourth-order valence-electron chi connectivity index (χ4n) is 1.71. The van der Waals surface area contributed by atoms with E-state index in [1.54, 1.807) is 6.08 Å². The van der Waals surface area contributed by atoms with Gasteiger partial charge in [-0.05, 0) is 35.9 Å². The maximum absolute atomic E-state index is 12.0. The Morgan fingerprint density at radius 2 is 2.06 bits per heavy atom. The summed E-state index contributed by atoms with van der Waals surface area (Å²) in [6.45, 7) is 2.53. The molecule has 0 saturated carbocycles. The Morgan fingerprint density at radius 3 is 2.72 bits per heavy atom. The number of rotatable bonds is 3. The number of carbonyl (C=O) groups is 2. The van der Waals surface area contributed by atoms with Gasteiger partial charge in [0.05, 0.1) is 4.91 Å². The zero-order valence-electron chi connectivity index (χ0n) is 10.1. The highest BCUT2D eigenvalue weighted by atomic mass is 32.2. The van der Waals surface area contributed by atoms with Crippen LogP contribution in [0.3, 0.4) is 0 Å². The third kappa shape index (κ3) is 2.47. The Bertz CT molecular complexity index is 525. The molecule has 1 saturated heterocycles. The molecule has 2 amide bonds. The Morgan fingerprint density at radius 1 is 1.33 bits per heavy atom. The van der Waals surface area contributed by atoms with E-state index in [0.717, 1.165) is 22.9 Å². The first kappa shape index (κ1) is 12.9. The van der Waals surface area contributed by atoms with Crippen LogP contribution in [-0.4, -0.2) is 29.1 Å². The number of thioether (sulfide) groups is 1. The normalized spacial score (nSPS) is 17.9. The van der Waals surface area contributed by atoms with Gasteiger partial charge in [0.25, 0.3) is 11.1 Å². The van der Waals surface area contributed by atoms with Crippen LogP contribution in [0, 0.1) is 6.92 Å². The third-order valence-corrected chi connectivity index (χ3v) is 3.61. The fraction of sp³-hybridized carbons (Fsp3) is 0.231. The zero-order chi connectivity index (χ0) is 13.1. The molecule has 0 spiro atoms. The largest absolute Gasteiger partial charge is 0.329 e. The Kier molecular flexibility index (Phi) is 3.84. The average molecular weight is 262 g/mol. The van der Waals surface area contributed by atoms with Crippen molar-refractivity contribution in [3.05, 3.63) is 40.3 Å². The molecule has 94 valence electrons. The first-order chi connectivity index (χ1) is 8.63. The molecule has 1 aromatic carbocycles. The number of nitrogens with zero attached hydrogens (tertiary/aromatic N) is 1. The zero-order valence-corrected chi connectivity index (χ0v) is 10.9. The van der Waals surface area contributed by atoms with Gasteiger partial charge in [-0.25, -0.2) is 0 Å². The molecule has 0 radical (unpaired) electrons. The molecule has 5 heteroatoms.